The van der Waals surface area contributed by atoms with Gasteiger partial charge in [0, 0.05) is 5.41 Å². The number of aliphatic hydroxyl groups is 1. The summed E-state index contributed by atoms with van der Waals surface area (Å²) in [5, 5.41) is 10.2. The standard InChI is InChI=1S/C21H28O2/c1-13(22)17-6-7-18-16-5-4-14-12-15(23)8-10-20(14,2)19(16)9-11-21(17,18)3/h4-5,8,10,12-13,16-19,22H,6-7,9,11H2,1-3H3/t13-,16+,17-,18+,19+,20+,21-/m1/s1. The molecule has 4 aliphatic carbocycles. The molecule has 23 heavy (non-hydrogen) atoms. The lowest BCUT2D eigenvalue weighted by molar-refractivity contribution is -0.110. The average Bonchev–Trinajstić information content (AvgIpc) is 2.85. The van der Waals surface area contributed by atoms with Crippen molar-refractivity contribution < 1.29 is 9.90 Å². The van der Waals surface area contributed by atoms with E-state index in [1.807, 2.05) is 13.0 Å². The monoisotopic (exact) mass is 312 g/mol. The molecule has 0 unspecified atom stereocenters. The second-order valence-corrected chi connectivity index (χ2v) is 8.74. The van der Waals surface area contributed by atoms with E-state index in [1.165, 1.54) is 24.8 Å². The van der Waals surface area contributed by atoms with Crippen molar-refractivity contribution in [1.82, 2.24) is 0 Å². The molecule has 2 nitrogen and oxygen atoms in total. The summed E-state index contributed by atoms with van der Waals surface area (Å²) in [5.41, 5.74) is 1.48. The third-order valence-corrected chi connectivity index (χ3v) is 7.77. The van der Waals surface area contributed by atoms with Gasteiger partial charge in [0.15, 0.2) is 5.78 Å². The van der Waals surface area contributed by atoms with Crippen molar-refractivity contribution in [2.75, 3.05) is 0 Å². The minimum absolute atomic E-state index is 0.0115. The molecule has 0 heterocycles. The van der Waals surface area contributed by atoms with E-state index in [-0.39, 0.29) is 22.7 Å². The molecule has 124 valence electrons. The van der Waals surface area contributed by atoms with Crippen molar-refractivity contribution in [2.45, 2.75) is 52.6 Å². The van der Waals surface area contributed by atoms with Gasteiger partial charge in [-0.1, -0.05) is 32.1 Å². The molecule has 0 amide bonds. The third-order valence-electron chi connectivity index (χ3n) is 7.77. The quantitative estimate of drug-likeness (QED) is 0.792. The number of carbonyl (C=O) groups is 1. The van der Waals surface area contributed by atoms with Crippen LogP contribution in [0.3, 0.4) is 0 Å². The molecule has 0 aliphatic heterocycles. The Balaban J connectivity index is 1.73. The summed E-state index contributed by atoms with van der Waals surface area (Å²) in [4.78, 5) is 11.7. The molecule has 1 N–H and O–H groups in total. The molecule has 0 bridgehead atoms. The van der Waals surface area contributed by atoms with Crippen molar-refractivity contribution >= 4 is 5.78 Å². The molecular formula is C21H28O2. The van der Waals surface area contributed by atoms with E-state index < -0.39 is 0 Å². The van der Waals surface area contributed by atoms with Gasteiger partial charge in [-0.3, -0.25) is 4.79 Å². The van der Waals surface area contributed by atoms with Gasteiger partial charge in [0.25, 0.3) is 0 Å². The van der Waals surface area contributed by atoms with Gasteiger partial charge in [-0.15, -0.1) is 0 Å². The van der Waals surface area contributed by atoms with Gasteiger partial charge in [0.2, 0.25) is 0 Å². The number of carbonyl (C=O) groups excluding carboxylic acids is 1. The van der Waals surface area contributed by atoms with Gasteiger partial charge >= 0.3 is 0 Å². The number of hydrogen-bond donors (Lipinski definition) is 1. The van der Waals surface area contributed by atoms with Crippen LogP contribution in [0, 0.1) is 34.5 Å². The van der Waals surface area contributed by atoms with E-state index in [0.717, 1.165) is 6.42 Å². The van der Waals surface area contributed by atoms with Crippen molar-refractivity contribution in [2.24, 2.45) is 34.5 Å². The average molecular weight is 312 g/mol. The predicted octanol–water partition coefficient (Wildman–Crippen LogP) is 4.07. The fourth-order valence-electron chi connectivity index (χ4n) is 6.48. The summed E-state index contributed by atoms with van der Waals surface area (Å²) in [7, 11) is 0. The summed E-state index contributed by atoms with van der Waals surface area (Å²) >= 11 is 0. The normalized spacial score (nSPS) is 49.2. The minimum Gasteiger partial charge on any atom is -0.393 e. The summed E-state index contributed by atoms with van der Waals surface area (Å²) in [6.07, 6.45) is 14.9. The Kier molecular flexibility index (Phi) is 3.29. The van der Waals surface area contributed by atoms with Gasteiger partial charge in [-0.2, -0.15) is 0 Å². The lowest BCUT2D eigenvalue weighted by Crippen LogP contribution is -2.49. The lowest BCUT2D eigenvalue weighted by Gasteiger charge is -2.55. The zero-order chi connectivity index (χ0) is 16.4. The van der Waals surface area contributed by atoms with Crippen LogP contribution in [0.1, 0.15) is 46.5 Å². The topological polar surface area (TPSA) is 37.3 Å². The highest BCUT2D eigenvalue weighted by Crippen LogP contribution is 2.64. The highest BCUT2D eigenvalue weighted by molar-refractivity contribution is 6.01. The van der Waals surface area contributed by atoms with E-state index in [1.54, 1.807) is 6.08 Å². The number of hydrogen-bond acceptors (Lipinski definition) is 2. The Bertz CT molecular complexity index is 626. The summed E-state index contributed by atoms with van der Waals surface area (Å²) in [6.45, 7) is 6.70. The van der Waals surface area contributed by atoms with Crippen LogP contribution in [0.15, 0.2) is 36.0 Å². The van der Waals surface area contributed by atoms with Crippen LogP contribution >= 0.6 is 0 Å². The van der Waals surface area contributed by atoms with Gasteiger partial charge in [-0.25, -0.2) is 0 Å². The Labute approximate surface area is 139 Å². The molecule has 0 radical (unpaired) electrons. The first-order valence-electron chi connectivity index (χ1n) is 9.18. The third kappa shape index (κ3) is 2.00. The Morgan fingerprint density at radius 1 is 1.17 bits per heavy atom. The van der Waals surface area contributed by atoms with Crippen LogP contribution in [0.25, 0.3) is 0 Å². The Hall–Kier alpha value is -1.15. The van der Waals surface area contributed by atoms with Crippen LogP contribution in [-0.4, -0.2) is 17.0 Å². The molecule has 4 rings (SSSR count). The predicted molar refractivity (Wildman–Crippen MR) is 91.7 cm³/mol. The highest BCUT2D eigenvalue weighted by Gasteiger charge is 2.58. The summed E-state index contributed by atoms with van der Waals surface area (Å²) in [6, 6.07) is 0. The zero-order valence-electron chi connectivity index (χ0n) is 14.5. The second kappa shape index (κ2) is 4.92. The molecule has 0 aromatic carbocycles. The van der Waals surface area contributed by atoms with E-state index >= 15 is 0 Å². The van der Waals surface area contributed by atoms with Crippen LogP contribution in [0.5, 0.6) is 0 Å². The Morgan fingerprint density at radius 3 is 2.70 bits per heavy atom. The van der Waals surface area contributed by atoms with Crippen molar-refractivity contribution in [3.05, 3.63) is 36.0 Å². The first kappa shape index (κ1) is 15.4. The van der Waals surface area contributed by atoms with Gasteiger partial charge in [0.1, 0.15) is 0 Å². The number of fused-ring (bicyclic) bond motifs is 5. The highest BCUT2D eigenvalue weighted by atomic mass is 16.3. The minimum atomic E-state index is -0.202. The molecule has 2 saturated carbocycles. The molecule has 2 fully saturated rings. The maximum atomic E-state index is 11.7. The second-order valence-electron chi connectivity index (χ2n) is 8.74. The Morgan fingerprint density at radius 2 is 1.96 bits per heavy atom. The van der Waals surface area contributed by atoms with E-state index in [9.17, 15) is 9.90 Å². The molecule has 2 heteroatoms. The first-order chi connectivity index (χ1) is 10.9. The largest absolute Gasteiger partial charge is 0.393 e. The maximum Gasteiger partial charge on any atom is 0.178 e. The number of rotatable bonds is 1. The number of ketones is 1. The van der Waals surface area contributed by atoms with E-state index in [0.29, 0.717) is 23.7 Å². The fraction of sp³-hybridized carbons (Fsp3) is 0.667. The summed E-state index contributed by atoms with van der Waals surface area (Å²) < 4.78 is 0. The van der Waals surface area contributed by atoms with Crippen molar-refractivity contribution in [3.8, 4) is 0 Å². The van der Waals surface area contributed by atoms with Crippen LogP contribution in [0.2, 0.25) is 0 Å². The zero-order valence-corrected chi connectivity index (χ0v) is 14.5. The molecule has 4 aliphatic rings. The van der Waals surface area contributed by atoms with E-state index in [4.69, 9.17) is 0 Å². The number of allylic oxidation sites excluding steroid dienone is 6. The SMILES string of the molecule is C[C@@H](O)[C@H]1CC[C@H]2[C@@H]3C=CC4=CC(=O)C=C[C@]4(C)[C@H]3CC[C@]12C. The van der Waals surface area contributed by atoms with Gasteiger partial charge < -0.3 is 5.11 Å². The van der Waals surface area contributed by atoms with Gasteiger partial charge in [-0.05, 0) is 79.4 Å². The summed E-state index contributed by atoms with van der Waals surface area (Å²) in [5.74, 6) is 2.40. The molecule has 0 spiro atoms. The van der Waals surface area contributed by atoms with Crippen LogP contribution < -0.4 is 0 Å². The molecule has 0 aromatic heterocycles. The molecular weight excluding hydrogens is 284 g/mol. The van der Waals surface area contributed by atoms with Crippen LogP contribution in [0.4, 0.5) is 0 Å². The lowest BCUT2D eigenvalue weighted by atomic mass is 9.49. The van der Waals surface area contributed by atoms with Gasteiger partial charge in [0.05, 0.1) is 6.10 Å². The maximum absolute atomic E-state index is 11.7. The molecule has 0 aromatic rings. The van der Waals surface area contributed by atoms with Crippen LogP contribution in [-0.2, 0) is 4.79 Å². The first-order valence-corrected chi connectivity index (χ1v) is 9.18. The van der Waals surface area contributed by atoms with Crippen molar-refractivity contribution in [3.63, 3.8) is 0 Å². The molecule has 7 atom stereocenters. The molecule has 0 saturated heterocycles. The van der Waals surface area contributed by atoms with Crippen molar-refractivity contribution in [1.29, 1.82) is 0 Å². The smallest absolute Gasteiger partial charge is 0.178 e. The fourth-order valence-corrected chi connectivity index (χ4v) is 6.48. The number of aliphatic hydroxyl groups excluding tert-OH is 1. The van der Waals surface area contributed by atoms with E-state index in [2.05, 4.69) is 32.1 Å².